The molecule has 2 aliphatic carbocycles. The molecule has 0 saturated carbocycles. The van der Waals surface area contributed by atoms with Crippen molar-refractivity contribution in [2.24, 2.45) is 0 Å². The third-order valence-corrected chi connectivity index (χ3v) is 14.0. The van der Waals surface area contributed by atoms with Gasteiger partial charge in [-0.05, 0) is 98.6 Å². The normalized spacial score (nSPS) is 14.1. The maximum atomic E-state index is 2.54. The Hall–Kier alpha value is -7.42. The summed E-state index contributed by atoms with van der Waals surface area (Å²) in [5, 5.41) is 2.50. The Bertz CT molecular complexity index is 3420. The monoisotopic (exact) mass is 794 g/mol. The Labute approximate surface area is 364 Å². The fraction of sp³-hybridized carbons (Fsp3) is 0.100. The zero-order valence-electron chi connectivity index (χ0n) is 35.5. The Kier molecular flexibility index (Phi) is 7.96. The molecular formula is C60H46N2. The second-order valence-corrected chi connectivity index (χ2v) is 18.1. The lowest BCUT2D eigenvalue weighted by atomic mass is 9.81. The van der Waals surface area contributed by atoms with E-state index in [0.29, 0.717) is 0 Å². The molecule has 0 aliphatic heterocycles. The van der Waals surface area contributed by atoms with Crippen LogP contribution in [-0.4, -0.2) is 4.57 Å². The van der Waals surface area contributed by atoms with Crippen LogP contribution >= 0.6 is 0 Å². The molecule has 9 aromatic carbocycles. The minimum atomic E-state index is -0.143. The van der Waals surface area contributed by atoms with Crippen molar-refractivity contribution in [2.45, 2.75) is 38.5 Å². The number of hydrogen-bond acceptors (Lipinski definition) is 1. The van der Waals surface area contributed by atoms with E-state index in [1.165, 1.54) is 94.3 Å². The van der Waals surface area contributed by atoms with Gasteiger partial charge in [-0.15, -0.1) is 0 Å². The molecule has 10 aromatic rings. The topological polar surface area (TPSA) is 8.17 Å². The first-order valence-corrected chi connectivity index (χ1v) is 21.9. The third-order valence-electron chi connectivity index (χ3n) is 14.0. The van der Waals surface area contributed by atoms with Crippen LogP contribution in [0.5, 0.6) is 0 Å². The van der Waals surface area contributed by atoms with E-state index in [9.17, 15) is 0 Å². The summed E-state index contributed by atoms with van der Waals surface area (Å²) in [6.07, 6.45) is 0. The van der Waals surface area contributed by atoms with Crippen LogP contribution in [0.2, 0.25) is 0 Å². The van der Waals surface area contributed by atoms with Gasteiger partial charge >= 0.3 is 0 Å². The summed E-state index contributed by atoms with van der Waals surface area (Å²) >= 11 is 0. The molecule has 0 atom stereocenters. The van der Waals surface area contributed by atoms with Gasteiger partial charge in [-0.2, -0.15) is 0 Å². The van der Waals surface area contributed by atoms with Gasteiger partial charge in [0.2, 0.25) is 0 Å². The van der Waals surface area contributed by atoms with Crippen molar-refractivity contribution >= 4 is 38.9 Å². The molecule has 2 aliphatic rings. The minimum absolute atomic E-state index is 0.107. The van der Waals surface area contributed by atoms with Crippen molar-refractivity contribution in [1.29, 1.82) is 0 Å². The molecule has 0 unspecified atom stereocenters. The molecule has 62 heavy (non-hydrogen) atoms. The second kappa shape index (κ2) is 13.5. The van der Waals surface area contributed by atoms with Crippen molar-refractivity contribution < 1.29 is 0 Å². The number of aromatic nitrogens is 1. The molecule has 0 saturated heterocycles. The highest BCUT2D eigenvalue weighted by Crippen LogP contribution is 2.56. The van der Waals surface area contributed by atoms with Crippen LogP contribution < -0.4 is 4.90 Å². The summed E-state index contributed by atoms with van der Waals surface area (Å²) in [5.74, 6) is 0. The summed E-state index contributed by atoms with van der Waals surface area (Å²) in [7, 11) is 0. The largest absolute Gasteiger partial charge is 0.309 e. The van der Waals surface area contributed by atoms with Gasteiger partial charge < -0.3 is 9.47 Å². The first-order chi connectivity index (χ1) is 30.3. The molecule has 0 N–H and O–H groups in total. The summed E-state index contributed by atoms with van der Waals surface area (Å²) < 4.78 is 2.44. The van der Waals surface area contributed by atoms with Gasteiger partial charge in [0.1, 0.15) is 0 Å². The lowest BCUT2D eigenvalue weighted by Gasteiger charge is -2.31. The Morgan fingerprint density at radius 2 is 0.935 bits per heavy atom. The molecule has 296 valence electrons. The zero-order chi connectivity index (χ0) is 41.7. The molecule has 0 spiro atoms. The zero-order valence-corrected chi connectivity index (χ0v) is 35.5. The van der Waals surface area contributed by atoms with E-state index in [1.54, 1.807) is 0 Å². The Balaban J connectivity index is 1.11. The average Bonchev–Trinajstić information content (AvgIpc) is 3.87. The summed E-state index contributed by atoms with van der Waals surface area (Å²) in [4.78, 5) is 2.54. The second-order valence-electron chi connectivity index (χ2n) is 18.1. The molecule has 1 aromatic heterocycles. The van der Waals surface area contributed by atoms with E-state index in [0.717, 1.165) is 17.1 Å². The average molecular weight is 795 g/mol. The predicted octanol–water partition coefficient (Wildman–Crippen LogP) is 16.2. The number of rotatable bonds is 6. The SMILES string of the molecule is CC1(C)c2ccccc2-c2ccc(-c3ccccc3N(c3cccc(-c4cccc5c6ccccc6n(-c6ccccc6)c45)c3)c3cccc4c3-c3ccccc3C4(C)C)cc21. The minimum Gasteiger partial charge on any atom is -0.309 e. The van der Waals surface area contributed by atoms with Crippen molar-refractivity contribution in [2.75, 3.05) is 4.90 Å². The van der Waals surface area contributed by atoms with Gasteiger partial charge in [0.25, 0.3) is 0 Å². The van der Waals surface area contributed by atoms with E-state index < -0.39 is 0 Å². The van der Waals surface area contributed by atoms with E-state index in [1.807, 2.05) is 0 Å². The number of para-hydroxylation sites is 4. The fourth-order valence-electron chi connectivity index (χ4n) is 11.0. The molecule has 0 fully saturated rings. The van der Waals surface area contributed by atoms with Crippen LogP contribution in [0.3, 0.4) is 0 Å². The smallest absolute Gasteiger partial charge is 0.0619 e. The summed E-state index contributed by atoms with van der Waals surface area (Å²) in [6, 6.07) is 76.6. The first-order valence-electron chi connectivity index (χ1n) is 21.9. The van der Waals surface area contributed by atoms with Gasteiger partial charge in [0.15, 0.2) is 0 Å². The van der Waals surface area contributed by atoms with Gasteiger partial charge in [0, 0.05) is 49.7 Å². The molecule has 2 heteroatoms. The quantitative estimate of drug-likeness (QED) is 0.163. The van der Waals surface area contributed by atoms with E-state index in [2.05, 4.69) is 243 Å². The number of benzene rings is 9. The van der Waals surface area contributed by atoms with E-state index in [4.69, 9.17) is 0 Å². The number of hydrogen-bond donors (Lipinski definition) is 0. The third kappa shape index (κ3) is 5.23. The lowest BCUT2D eigenvalue weighted by molar-refractivity contribution is 0.660. The summed E-state index contributed by atoms with van der Waals surface area (Å²) in [5.41, 5.74) is 22.3. The lowest BCUT2D eigenvalue weighted by Crippen LogP contribution is -2.16. The van der Waals surface area contributed by atoms with Crippen LogP contribution in [0.4, 0.5) is 17.1 Å². The van der Waals surface area contributed by atoms with Gasteiger partial charge in [-0.1, -0.05) is 185 Å². The number of anilines is 3. The van der Waals surface area contributed by atoms with Crippen molar-refractivity contribution in [1.82, 2.24) is 4.57 Å². The van der Waals surface area contributed by atoms with Gasteiger partial charge in [-0.25, -0.2) is 0 Å². The fourth-order valence-corrected chi connectivity index (χ4v) is 11.0. The maximum Gasteiger partial charge on any atom is 0.0619 e. The molecule has 12 rings (SSSR count). The Morgan fingerprint density at radius 3 is 1.77 bits per heavy atom. The van der Waals surface area contributed by atoms with Gasteiger partial charge in [-0.3, -0.25) is 0 Å². The highest BCUT2D eigenvalue weighted by molar-refractivity contribution is 6.14. The molecule has 2 nitrogen and oxygen atoms in total. The molecule has 0 bridgehead atoms. The Morgan fingerprint density at radius 1 is 0.371 bits per heavy atom. The highest BCUT2D eigenvalue weighted by atomic mass is 15.1. The van der Waals surface area contributed by atoms with Crippen molar-refractivity contribution in [3.63, 3.8) is 0 Å². The molecule has 1 heterocycles. The number of nitrogens with zero attached hydrogens (tertiary/aromatic N) is 2. The summed E-state index contributed by atoms with van der Waals surface area (Å²) in [6.45, 7) is 9.49. The molecular weight excluding hydrogens is 749 g/mol. The standard InChI is InChI=1S/C60H46N2/c1-59(2)51-30-13-9-26-49(51)57-52(59)31-18-34-56(57)61(54-32-14-10-23-43(54)40-35-36-46-45-24-8-12-29-50(45)60(3,4)53(46)38-40)42-22-16-19-39(37-42)44-27-17-28-48-47-25-11-15-33-55(47)62(58(44)48)41-20-6-5-7-21-41/h5-38H,1-4H3. The van der Waals surface area contributed by atoms with Crippen LogP contribution in [0.1, 0.15) is 49.9 Å². The maximum absolute atomic E-state index is 2.54. The first kappa shape index (κ1) is 36.4. The number of fused-ring (bicyclic) bond motifs is 9. The molecule has 0 radical (unpaired) electrons. The van der Waals surface area contributed by atoms with E-state index in [-0.39, 0.29) is 10.8 Å². The highest BCUT2D eigenvalue weighted by Gasteiger charge is 2.39. The van der Waals surface area contributed by atoms with Crippen molar-refractivity contribution in [3.05, 3.63) is 229 Å². The van der Waals surface area contributed by atoms with Crippen LogP contribution in [0.25, 0.3) is 72.0 Å². The van der Waals surface area contributed by atoms with Crippen molar-refractivity contribution in [3.8, 4) is 50.2 Å². The molecule has 0 amide bonds. The van der Waals surface area contributed by atoms with E-state index >= 15 is 0 Å². The van der Waals surface area contributed by atoms with Crippen LogP contribution in [-0.2, 0) is 10.8 Å². The van der Waals surface area contributed by atoms with Gasteiger partial charge in [0.05, 0.1) is 22.4 Å². The van der Waals surface area contributed by atoms with Crippen LogP contribution in [0, 0.1) is 0 Å². The van der Waals surface area contributed by atoms with Crippen LogP contribution in [0.15, 0.2) is 206 Å². The predicted molar refractivity (Wildman–Crippen MR) is 261 cm³/mol.